The SMILES string of the molecule is CC(C)CC(N)Cc1ccc(C(F)(F)F)cc1[N+](=O)[O-]. The molecular weight excluding hydrogens is 273 g/mol. The molecule has 7 heteroatoms. The molecular formula is C13H17F3N2O2. The lowest BCUT2D eigenvalue weighted by molar-refractivity contribution is -0.385. The first-order valence-electron chi connectivity index (χ1n) is 6.21. The fourth-order valence-corrected chi connectivity index (χ4v) is 2.05. The van der Waals surface area contributed by atoms with Gasteiger partial charge in [-0.2, -0.15) is 13.2 Å². The van der Waals surface area contributed by atoms with E-state index in [1.165, 1.54) is 0 Å². The summed E-state index contributed by atoms with van der Waals surface area (Å²) in [5, 5.41) is 10.9. The molecule has 1 unspecified atom stereocenters. The summed E-state index contributed by atoms with van der Waals surface area (Å²) in [7, 11) is 0. The van der Waals surface area contributed by atoms with E-state index in [0.717, 1.165) is 12.1 Å². The minimum absolute atomic E-state index is 0.187. The molecule has 0 amide bonds. The molecule has 0 aliphatic carbocycles. The van der Waals surface area contributed by atoms with E-state index in [1.807, 2.05) is 13.8 Å². The van der Waals surface area contributed by atoms with E-state index in [-0.39, 0.29) is 18.0 Å². The predicted molar refractivity (Wildman–Crippen MR) is 69.2 cm³/mol. The van der Waals surface area contributed by atoms with Gasteiger partial charge in [0.05, 0.1) is 10.5 Å². The van der Waals surface area contributed by atoms with Gasteiger partial charge in [0, 0.05) is 17.7 Å². The maximum atomic E-state index is 12.6. The number of nitrogens with zero attached hydrogens (tertiary/aromatic N) is 1. The zero-order valence-electron chi connectivity index (χ0n) is 11.3. The Hall–Kier alpha value is -1.63. The third-order valence-corrected chi connectivity index (χ3v) is 2.87. The molecule has 2 N–H and O–H groups in total. The maximum absolute atomic E-state index is 12.6. The van der Waals surface area contributed by atoms with Gasteiger partial charge in [-0.15, -0.1) is 0 Å². The Bertz CT molecular complexity index is 487. The van der Waals surface area contributed by atoms with Crippen LogP contribution in [0.25, 0.3) is 0 Å². The van der Waals surface area contributed by atoms with Crippen molar-refractivity contribution in [1.82, 2.24) is 0 Å². The van der Waals surface area contributed by atoms with Gasteiger partial charge in [0.15, 0.2) is 0 Å². The first-order chi connectivity index (χ1) is 9.11. The van der Waals surface area contributed by atoms with Gasteiger partial charge in [-0.05, 0) is 24.8 Å². The molecule has 0 saturated heterocycles. The Morgan fingerprint density at radius 3 is 2.40 bits per heavy atom. The van der Waals surface area contributed by atoms with Crippen LogP contribution in [0.4, 0.5) is 18.9 Å². The topological polar surface area (TPSA) is 69.2 Å². The average Bonchev–Trinajstić information content (AvgIpc) is 2.26. The maximum Gasteiger partial charge on any atom is 0.416 e. The molecule has 1 aromatic rings. The summed E-state index contributed by atoms with van der Waals surface area (Å²) in [4.78, 5) is 10.1. The molecule has 0 saturated carbocycles. The summed E-state index contributed by atoms with van der Waals surface area (Å²) >= 11 is 0. The van der Waals surface area contributed by atoms with Crippen molar-refractivity contribution in [2.75, 3.05) is 0 Å². The van der Waals surface area contributed by atoms with E-state index in [4.69, 9.17) is 5.73 Å². The quantitative estimate of drug-likeness (QED) is 0.666. The lowest BCUT2D eigenvalue weighted by Gasteiger charge is -2.15. The van der Waals surface area contributed by atoms with Crippen LogP contribution in [-0.4, -0.2) is 11.0 Å². The van der Waals surface area contributed by atoms with Gasteiger partial charge in [-0.3, -0.25) is 10.1 Å². The molecule has 4 nitrogen and oxygen atoms in total. The third-order valence-electron chi connectivity index (χ3n) is 2.87. The van der Waals surface area contributed by atoms with Crippen LogP contribution in [0.5, 0.6) is 0 Å². The molecule has 0 bridgehead atoms. The van der Waals surface area contributed by atoms with Crippen LogP contribution < -0.4 is 5.73 Å². The van der Waals surface area contributed by atoms with Crippen LogP contribution in [0.2, 0.25) is 0 Å². The molecule has 1 atom stereocenters. The van der Waals surface area contributed by atoms with Gasteiger partial charge in [-0.1, -0.05) is 19.9 Å². The second kappa shape index (κ2) is 6.21. The van der Waals surface area contributed by atoms with Crippen LogP contribution in [0, 0.1) is 16.0 Å². The smallest absolute Gasteiger partial charge is 0.327 e. The fraction of sp³-hybridized carbons (Fsp3) is 0.538. The molecule has 0 aromatic heterocycles. The third kappa shape index (κ3) is 4.48. The van der Waals surface area contributed by atoms with Crippen molar-refractivity contribution in [3.05, 3.63) is 39.4 Å². The van der Waals surface area contributed by atoms with Crippen molar-refractivity contribution in [2.24, 2.45) is 11.7 Å². The number of hydrogen-bond acceptors (Lipinski definition) is 3. The van der Waals surface area contributed by atoms with Gasteiger partial charge < -0.3 is 5.73 Å². The van der Waals surface area contributed by atoms with E-state index in [0.29, 0.717) is 18.4 Å². The van der Waals surface area contributed by atoms with Crippen molar-refractivity contribution in [3.8, 4) is 0 Å². The van der Waals surface area contributed by atoms with Gasteiger partial charge in [0.1, 0.15) is 0 Å². The highest BCUT2D eigenvalue weighted by Crippen LogP contribution is 2.33. The molecule has 0 radical (unpaired) electrons. The zero-order valence-corrected chi connectivity index (χ0v) is 11.3. The summed E-state index contributed by atoms with van der Waals surface area (Å²) in [6.07, 6.45) is -3.76. The molecule has 0 spiro atoms. The van der Waals surface area contributed by atoms with E-state index in [1.54, 1.807) is 0 Å². The predicted octanol–water partition coefficient (Wildman–Crippen LogP) is 3.53. The molecule has 0 fully saturated rings. The largest absolute Gasteiger partial charge is 0.416 e. The summed E-state index contributed by atoms with van der Waals surface area (Å²) in [6, 6.07) is 2.24. The molecule has 0 aliphatic rings. The highest BCUT2D eigenvalue weighted by molar-refractivity contribution is 5.44. The van der Waals surface area contributed by atoms with Gasteiger partial charge in [0.2, 0.25) is 0 Å². The number of halogens is 3. The standard InChI is InChI=1S/C13H17F3N2O2/c1-8(2)5-11(17)6-9-3-4-10(13(14,15)16)7-12(9)18(19)20/h3-4,7-8,11H,5-6,17H2,1-2H3. The van der Waals surface area contributed by atoms with Crippen LogP contribution in [0.15, 0.2) is 18.2 Å². The van der Waals surface area contributed by atoms with Crippen LogP contribution in [-0.2, 0) is 12.6 Å². The first kappa shape index (κ1) is 16.4. The first-order valence-corrected chi connectivity index (χ1v) is 6.21. The molecule has 1 rings (SSSR count). The fourth-order valence-electron chi connectivity index (χ4n) is 2.05. The summed E-state index contributed by atoms with van der Waals surface area (Å²) < 4.78 is 37.7. The number of nitrogens with two attached hydrogens (primary N) is 1. The Labute approximate surface area is 114 Å². The molecule has 112 valence electrons. The number of alkyl halides is 3. The number of nitro groups is 1. The van der Waals surface area contributed by atoms with Gasteiger partial charge >= 0.3 is 6.18 Å². The van der Waals surface area contributed by atoms with E-state index < -0.39 is 22.4 Å². The Morgan fingerprint density at radius 2 is 1.95 bits per heavy atom. The summed E-state index contributed by atoms with van der Waals surface area (Å²) in [5.41, 5.74) is 4.54. The summed E-state index contributed by atoms with van der Waals surface area (Å²) in [5.74, 6) is 0.318. The Kier molecular flexibility index (Phi) is 5.10. The lowest BCUT2D eigenvalue weighted by atomic mass is 9.96. The van der Waals surface area contributed by atoms with Crippen molar-refractivity contribution < 1.29 is 18.1 Å². The van der Waals surface area contributed by atoms with Crippen LogP contribution >= 0.6 is 0 Å². The highest BCUT2D eigenvalue weighted by atomic mass is 19.4. The lowest BCUT2D eigenvalue weighted by Crippen LogP contribution is -2.25. The number of benzene rings is 1. The minimum Gasteiger partial charge on any atom is -0.327 e. The van der Waals surface area contributed by atoms with Crippen LogP contribution in [0.1, 0.15) is 31.4 Å². The molecule has 0 heterocycles. The molecule has 1 aromatic carbocycles. The minimum atomic E-state index is -4.59. The van der Waals surface area contributed by atoms with E-state index >= 15 is 0 Å². The van der Waals surface area contributed by atoms with E-state index in [2.05, 4.69) is 0 Å². The molecule has 0 aliphatic heterocycles. The second-order valence-corrected chi connectivity index (χ2v) is 5.19. The molecule has 20 heavy (non-hydrogen) atoms. The number of rotatable bonds is 5. The van der Waals surface area contributed by atoms with Gasteiger partial charge in [-0.25, -0.2) is 0 Å². The Balaban J connectivity index is 3.05. The second-order valence-electron chi connectivity index (χ2n) is 5.19. The zero-order chi connectivity index (χ0) is 15.5. The normalized spacial score (nSPS) is 13.6. The van der Waals surface area contributed by atoms with Crippen molar-refractivity contribution in [2.45, 2.75) is 38.9 Å². The van der Waals surface area contributed by atoms with Crippen molar-refractivity contribution >= 4 is 5.69 Å². The van der Waals surface area contributed by atoms with E-state index in [9.17, 15) is 23.3 Å². The Morgan fingerprint density at radius 1 is 1.35 bits per heavy atom. The van der Waals surface area contributed by atoms with Crippen molar-refractivity contribution in [1.29, 1.82) is 0 Å². The van der Waals surface area contributed by atoms with Gasteiger partial charge in [0.25, 0.3) is 5.69 Å². The monoisotopic (exact) mass is 290 g/mol. The number of hydrogen-bond donors (Lipinski definition) is 1. The highest BCUT2D eigenvalue weighted by Gasteiger charge is 2.33. The summed E-state index contributed by atoms with van der Waals surface area (Å²) in [6.45, 7) is 3.92. The average molecular weight is 290 g/mol. The van der Waals surface area contributed by atoms with Crippen molar-refractivity contribution in [3.63, 3.8) is 0 Å². The van der Waals surface area contributed by atoms with Crippen LogP contribution in [0.3, 0.4) is 0 Å². The number of nitro benzene ring substituents is 1.